The van der Waals surface area contributed by atoms with Gasteiger partial charge in [-0.25, -0.2) is 4.79 Å². The third kappa shape index (κ3) is 4.37. The summed E-state index contributed by atoms with van der Waals surface area (Å²) in [7, 11) is 0. The second-order valence-electron chi connectivity index (χ2n) is 8.22. The van der Waals surface area contributed by atoms with Gasteiger partial charge in [0.15, 0.2) is 0 Å². The van der Waals surface area contributed by atoms with Gasteiger partial charge < -0.3 is 19.3 Å². The van der Waals surface area contributed by atoms with E-state index in [4.69, 9.17) is 9.47 Å². The molecule has 0 bridgehead atoms. The van der Waals surface area contributed by atoms with Gasteiger partial charge in [0.2, 0.25) is 0 Å². The Morgan fingerprint density at radius 1 is 1.17 bits per heavy atom. The summed E-state index contributed by atoms with van der Waals surface area (Å²) in [4.78, 5) is 28.5. The summed E-state index contributed by atoms with van der Waals surface area (Å²) in [6, 6.07) is 0. The first kappa shape index (κ1) is 18.0. The molecule has 0 aromatic carbocycles. The average Bonchev–Trinajstić information content (AvgIpc) is 2.81. The predicted molar refractivity (Wildman–Crippen MR) is 87.2 cm³/mol. The fraction of sp³-hybridized carbons (Fsp3) is 0.882. The zero-order chi connectivity index (χ0) is 17.4. The minimum absolute atomic E-state index is 0.0446. The van der Waals surface area contributed by atoms with E-state index in [2.05, 4.69) is 0 Å². The molecule has 0 aromatic heterocycles. The molecule has 0 aromatic rings. The summed E-state index contributed by atoms with van der Waals surface area (Å²) in [5, 5.41) is 0. The van der Waals surface area contributed by atoms with E-state index >= 15 is 0 Å². The molecule has 2 aliphatic rings. The van der Waals surface area contributed by atoms with Gasteiger partial charge in [-0.3, -0.25) is 4.79 Å². The van der Waals surface area contributed by atoms with Crippen molar-refractivity contribution in [1.29, 1.82) is 0 Å². The maximum absolute atomic E-state index is 12.7. The topological polar surface area (TPSA) is 59.1 Å². The zero-order valence-corrected chi connectivity index (χ0v) is 15.2. The fourth-order valence-corrected chi connectivity index (χ4v) is 3.20. The van der Waals surface area contributed by atoms with Gasteiger partial charge in [-0.1, -0.05) is 0 Å². The molecule has 2 heterocycles. The largest absolute Gasteiger partial charge is 0.444 e. The fourth-order valence-electron chi connectivity index (χ4n) is 3.20. The second-order valence-corrected chi connectivity index (χ2v) is 8.22. The standard InChI is InChI=1S/C17H30N2O4/c1-12-7-8-13(22-12)14(20)19-10-9-18(11-17(19,5)6)15(21)23-16(2,3)4/h12-13H,7-11H2,1-6H3/t12-,13-/m1/s1. The van der Waals surface area contributed by atoms with Crippen LogP contribution < -0.4 is 0 Å². The van der Waals surface area contributed by atoms with Crippen LogP contribution in [0, 0.1) is 0 Å². The van der Waals surface area contributed by atoms with Crippen molar-refractivity contribution in [2.75, 3.05) is 19.6 Å². The van der Waals surface area contributed by atoms with Crippen molar-refractivity contribution in [3.8, 4) is 0 Å². The van der Waals surface area contributed by atoms with Gasteiger partial charge >= 0.3 is 6.09 Å². The van der Waals surface area contributed by atoms with Crippen LogP contribution >= 0.6 is 0 Å². The van der Waals surface area contributed by atoms with Gasteiger partial charge in [0, 0.05) is 19.6 Å². The number of piperazine rings is 1. The number of nitrogens with zero attached hydrogens (tertiary/aromatic N) is 2. The Hall–Kier alpha value is -1.30. The van der Waals surface area contributed by atoms with E-state index < -0.39 is 11.1 Å². The van der Waals surface area contributed by atoms with Crippen LogP contribution in [-0.2, 0) is 14.3 Å². The Morgan fingerprint density at radius 3 is 2.30 bits per heavy atom. The van der Waals surface area contributed by atoms with E-state index in [1.165, 1.54) is 0 Å². The first-order chi connectivity index (χ1) is 10.5. The van der Waals surface area contributed by atoms with Crippen LogP contribution in [-0.4, -0.2) is 64.8 Å². The highest BCUT2D eigenvalue weighted by Crippen LogP contribution is 2.27. The van der Waals surface area contributed by atoms with Crippen molar-refractivity contribution in [3.63, 3.8) is 0 Å². The number of carbonyl (C=O) groups is 2. The Labute approximate surface area is 139 Å². The van der Waals surface area contributed by atoms with E-state index in [0.717, 1.165) is 12.8 Å². The lowest BCUT2D eigenvalue weighted by atomic mass is 9.97. The molecule has 0 saturated carbocycles. The quantitative estimate of drug-likeness (QED) is 0.742. The van der Waals surface area contributed by atoms with Crippen LogP contribution in [0.25, 0.3) is 0 Å². The molecule has 2 aliphatic heterocycles. The molecule has 0 spiro atoms. The summed E-state index contributed by atoms with van der Waals surface area (Å²) < 4.78 is 11.2. The van der Waals surface area contributed by atoms with E-state index in [1.807, 2.05) is 46.4 Å². The Balaban J connectivity index is 2.00. The number of hydrogen-bond acceptors (Lipinski definition) is 4. The highest BCUT2D eigenvalue weighted by Gasteiger charge is 2.43. The SMILES string of the molecule is C[C@@H]1CC[C@H](C(=O)N2CCN(C(=O)OC(C)(C)C)CC2(C)C)O1. The molecule has 0 N–H and O–H groups in total. The molecule has 2 rings (SSSR count). The van der Waals surface area contributed by atoms with Gasteiger partial charge in [-0.2, -0.15) is 0 Å². The lowest BCUT2D eigenvalue weighted by Gasteiger charge is -2.47. The smallest absolute Gasteiger partial charge is 0.410 e. The van der Waals surface area contributed by atoms with E-state index in [1.54, 1.807) is 4.90 Å². The third-order valence-corrected chi connectivity index (χ3v) is 4.33. The van der Waals surface area contributed by atoms with E-state index in [9.17, 15) is 9.59 Å². The van der Waals surface area contributed by atoms with Crippen molar-refractivity contribution < 1.29 is 19.1 Å². The lowest BCUT2D eigenvalue weighted by Crippen LogP contribution is -2.63. The highest BCUT2D eigenvalue weighted by molar-refractivity contribution is 5.82. The molecule has 23 heavy (non-hydrogen) atoms. The lowest BCUT2D eigenvalue weighted by molar-refractivity contribution is -0.151. The molecule has 132 valence electrons. The second kappa shape index (κ2) is 6.30. The molecule has 2 amide bonds. The van der Waals surface area contributed by atoms with Gasteiger partial charge in [-0.05, 0) is 54.4 Å². The first-order valence-electron chi connectivity index (χ1n) is 8.44. The number of rotatable bonds is 1. The molecule has 0 radical (unpaired) electrons. The maximum Gasteiger partial charge on any atom is 0.410 e. The maximum atomic E-state index is 12.7. The van der Waals surface area contributed by atoms with Crippen LogP contribution in [0.1, 0.15) is 54.4 Å². The van der Waals surface area contributed by atoms with Crippen molar-refractivity contribution >= 4 is 12.0 Å². The number of ether oxygens (including phenoxy) is 2. The first-order valence-corrected chi connectivity index (χ1v) is 8.44. The Morgan fingerprint density at radius 2 is 1.83 bits per heavy atom. The number of amides is 2. The molecule has 2 atom stereocenters. The van der Waals surface area contributed by atoms with Crippen LogP contribution in [0.2, 0.25) is 0 Å². The summed E-state index contributed by atoms with van der Waals surface area (Å²) in [6.45, 7) is 13.0. The van der Waals surface area contributed by atoms with Crippen LogP contribution in [0.15, 0.2) is 0 Å². The van der Waals surface area contributed by atoms with E-state index in [-0.39, 0.29) is 24.2 Å². The van der Waals surface area contributed by atoms with Crippen molar-refractivity contribution in [2.24, 2.45) is 0 Å². The van der Waals surface area contributed by atoms with Gasteiger partial charge in [0.1, 0.15) is 11.7 Å². The minimum Gasteiger partial charge on any atom is -0.444 e. The van der Waals surface area contributed by atoms with Crippen molar-refractivity contribution in [2.45, 2.75) is 77.7 Å². The summed E-state index contributed by atoms with van der Waals surface area (Å²) >= 11 is 0. The van der Waals surface area contributed by atoms with E-state index in [0.29, 0.717) is 19.6 Å². The zero-order valence-electron chi connectivity index (χ0n) is 15.2. The summed E-state index contributed by atoms with van der Waals surface area (Å²) in [5.74, 6) is 0.0446. The molecule has 6 heteroatoms. The molecule has 6 nitrogen and oxygen atoms in total. The van der Waals surface area contributed by atoms with Crippen LogP contribution in [0.5, 0.6) is 0 Å². The third-order valence-electron chi connectivity index (χ3n) is 4.33. The average molecular weight is 326 g/mol. The molecule has 0 unspecified atom stereocenters. The van der Waals surface area contributed by atoms with Crippen LogP contribution in [0.3, 0.4) is 0 Å². The van der Waals surface area contributed by atoms with Gasteiger partial charge in [0.25, 0.3) is 5.91 Å². The van der Waals surface area contributed by atoms with Crippen LogP contribution in [0.4, 0.5) is 4.79 Å². The molecular weight excluding hydrogens is 296 g/mol. The molecular formula is C17H30N2O4. The molecule has 0 aliphatic carbocycles. The molecule has 2 saturated heterocycles. The van der Waals surface area contributed by atoms with Crippen molar-refractivity contribution in [1.82, 2.24) is 9.80 Å². The summed E-state index contributed by atoms with van der Waals surface area (Å²) in [6.07, 6.45) is 1.20. The van der Waals surface area contributed by atoms with Crippen molar-refractivity contribution in [3.05, 3.63) is 0 Å². The molecule has 2 fully saturated rings. The van der Waals surface area contributed by atoms with Gasteiger partial charge in [0.05, 0.1) is 11.6 Å². The monoisotopic (exact) mass is 326 g/mol. The normalized spacial score (nSPS) is 27.9. The Kier molecular flexibility index (Phi) is 4.95. The highest BCUT2D eigenvalue weighted by atomic mass is 16.6. The predicted octanol–water partition coefficient (Wildman–Crippen LogP) is 2.41. The number of carbonyl (C=O) groups excluding carboxylic acids is 2. The number of hydrogen-bond donors (Lipinski definition) is 0. The minimum atomic E-state index is -0.512. The van der Waals surface area contributed by atoms with Gasteiger partial charge in [-0.15, -0.1) is 0 Å². The summed E-state index contributed by atoms with van der Waals surface area (Å²) in [5.41, 5.74) is -0.941. The Bertz CT molecular complexity index is 470.